The van der Waals surface area contributed by atoms with Crippen LogP contribution in [0.3, 0.4) is 0 Å². The Morgan fingerprint density at radius 3 is 2.00 bits per heavy atom. The number of rotatable bonds is 12. The van der Waals surface area contributed by atoms with Crippen molar-refractivity contribution in [2.24, 2.45) is 11.8 Å². The second-order valence-corrected chi connectivity index (χ2v) is 14.3. The Balaban J connectivity index is 1.31. The maximum Gasteiger partial charge on any atom is 0.410 e. The first-order valence-electron chi connectivity index (χ1n) is 16.8. The van der Waals surface area contributed by atoms with Crippen LogP contribution in [0.1, 0.15) is 70.4 Å². The molecule has 7 nitrogen and oxygen atoms in total. The van der Waals surface area contributed by atoms with Crippen molar-refractivity contribution in [3.05, 3.63) is 53.1 Å². The lowest BCUT2D eigenvalue weighted by Crippen LogP contribution is -2.44. The first kappa shape index (κ1) is 37.5. The molecule has 2 aromatic carbocycles. The van der Waals surface area contributed by atoms with E-state index in [1.165, 1.54) is 29.2 Å². The van der Waals surface area contributed by atoms with E-state index in [9.17, 15) is 26.7 Å². The van der Waals surface area contributed by atoms with E-state index in [1.54, 1.807) is 24.8 Å². The number of halogens is 5. The maximum absolute atomic E-state index is 14.9. The highest BCUT2D eigenvalue weighted by atomic mass is 19.4. The third-order valence-corrected chi connectivity index (χ3v) is 9.08. The highest BCUT2D eigenvalue weighted by Gasteiger charge is 2.34. The van der Waals surface area contributed by atoms with Crippen LogP contribution in [0.25, 0.3) is 0 Å². The maximum atomic E-state index is 14.9. The molecule has 2 aliphatic heterocycles. The van der Waals surface area contributed by atoms with Crippen molar-refractivity contribution in [1.82, 2.24) is 9.80 Å². The SMILES string of the molecule is CC(C)c1ccc(F)cc1OCC1CCN(C(=O)OC(C)(C)Cc2cc(F)cc(OCC3CCN(CC(F)(F)F)CC3)c2N(C)C)CC1. The number of carbonyl (C=O) groups is 1. The second-order valence-electron chi connectivity index (χ2n) is 14.3. The third-order valence-electron chi connectivity index (χ3n) is 9.08. The summed E-state index contributed by atoms with van der Waals surface area (Å²) in [6.07, 6.45) is -1.86. The number of amides is 1. The van der Waals surface area contributed by atoms with E-state index in [0.717, 1.165) is 18.4 Å². The fourth-order valence-electron chi connectivity index (χ4n) is 6.55. The van der Waals surface area contributed by atoms with Crippen LogP contribution in [0, 0.1) is 23.5 Å². The minimum Gasteiger partial charge on any atom is -0.493 e. The number of likely N-dealkylation sites (tertiary alicyclic amines) is 2. The number of piperidine rings is 2. The molecular weight excluding hydrogens is 633 g/mol. The van der Waals surface area contributed by atoms with Gasteiger partial charge in [-0.1, -0.05) is 19.9 Å². The van der Waals surface area contributed by atoms with Gasteiger partial charge < -0.3 is 24.0 Å². The van der Waals surface area contributed by atoms with Gasteiger partial charge in [0, 0.05) is 45.7 Å². The van der Waals surface area contributed by atoms with Crippen LogP contribution in [-0.2, 0) is 11.2 Å². The van der Waals surface area contributed by atoms with Gasteiger partial charge >= 0.3 is 12.3 Å². The molecule has 0 spiro atoms. The molecule has 2 aliphatic rings. The lowest BCUT2D eigenvalue weighted by atomic mass is 9.95. The fourth-order valence-corrected chi connectivity index (χ4v) is 6.55. The van der Waals surface area contributed by atoms with Crippen molar-refractivity contribution in [2.45, 2.75) is 77.5 Å². The van der Waals surface area contributed by atoms with E-state index in [0.29, 0.717) is 68.4 Å². The van der Waals surface area contributed by atoms with Crippen molar-refractivity contribution in [2.75, 3.05) is 64.9 Å². The molecule has 0 unspecified atom stereocenters. The van der Waals surface area contributed by atoms with Crippen molar-refractivity contribution in [3.63, 3.8) is 0 Å². The van der Waals surface area contributed by atoms with Gasteiger partial charge in [0.1, 0.15) is 28.7 Å². The summed E-state index contributed by atoms with van der Waals surface area (Å²) in [5.74, 6) is 0.548. The van der Waals surface area contributed by atoms with Crippen molar-refractivity contribution >= 4 is 11.8 Å². The second kappa shape index (κ2) is 16.0. The first-order chi connectivity index (χ1) is 22.5. The monoisotopic (exact) mass is 683 g/mol. The zero-order valence-electron chi connectivity index (χ0n) is 29.0. The predicted octanol–water partition coefficient (Wildman–Crippen LogP) is 8.06. The fraction of sp³-hybridized carbons (Fsp3) is 0.639. The Morgan fingerprint density at radius 1 is 0.875 bits per heavy atom. The zero-order valence-corrected chi connectivity index (χ0v) is 29.0. The average Bonchev–Trinajstić information content (AvgIpc) is 2.98. The quantitative estimate of drug-likeness (QED) is 0.211. The molecule has 0 radical (unpaired) electrons. The Kier molecular flexibility index (Phi) is 12.5. The molecule has 0 saturated carbocycles. The minimum absolute atomic E-state index is 0.0585. The molecule has 0 atom stereocenters. The molecule has 2 heterocycles. The normalized spacial score (nSPS) is 17.1. The minimum atomic E-state index is -4.22. The van der Waals surface area contributed by atoms with E-state index in [4.69, 9.17) is 14.2 Å². The molecule has 0 aliphatic carbocycles. The molecule has 0 bridgehead atoms. The standard InChI is InChI=1S/C36H50F5N3O4/c1-24(2)30-8-7-28(37)18-31(30)46-21-26-11-15-44(16-12-26)34(45)48-35(3,4)20-27-17-29(38)19-32(33(27)42(5)6)47-22-25-9-13-43(14-10-25)23-36(39,40)41/h7-8,17-19,24-26H,9-16,20-23H2,1-6H3. The molecule has 2 aromatic rings. The highest BCUT2D eigenvalue weighted by Crippen LogP contribution is 2.37. The molecule has 2 saturated heterocycles. The van der Waals surface area contributed by atoms with Gasteiger partial charge in [-0.15, -0.1) is 0 Å². The summed E-state index contributed by atoms with van der Waals surface area (Å²) in [7, 11) is 3.65. The molecule has 0 N–H and O–H groups in total. The smallest absolute Gasteiger partial charge is 0.410 e. The van der Waals surface area contributed by atoms with E-state index in [2.05, 4.69) is 0 Å². The Bertz CT molecular complexity index is 1370. The number of benzene rings is 2. The Labute approximate surface area is 281 Å². The summed E-state index contributed by atoms with van der Waals surface area (Å²) in [5.41, 5.74) is 1.26. The topological polar surface area (TPSA) is 54.5 Å². The molecule has 48 heavy (non-hydrogen) atoms. The Hall–Kier alpha value is -3.28. The summed E-state index contributed by atoms with van der Waals surface area (Å²) in [6, 6.07) is 7.36. The summed E-state index contributed by atoms with van der Waals surface area (Å²) in [6.45, 7) is 9.11. The van der Waals surface area contributed by atoms with Gasteiger partial charge in [0.2, 0.25) is 0 Å². The van der Waals surface area contributed by atoms with Gasteiger partial charge in [0.05, 0.1) is 25.4 Å². The molecule has 1 amide bonds. The predicted molar refractivity (Wildman–Crippen MR) is 176 cm³/mol. The number of hydrogen-bond acceptors (Lipinski definition) is 6. The average molecular weight is 684 g/mol. The first-order valence-corrected chi connectivity index (χ1v) is 16.8. The molecule has 0 aromatic heterocycles. The summed E-state index contributed by atoms with van der Waals surface area (Å²) in [4.78, 5) is 18.1. The van der Waals surface area contributed by atoms with Crippen molar-refractivity contribution in [1.29, 1.82) is 0 Å². The molecule has 12 heteroatoms. The van der Waals surface area contributed by atoms with Crippen LogP contribution >= 0.6 is 0 Å². The summed E-state index contributed by atoms with van der Waals surface area (Å²) < 4.78 is 85.1. The number of carbonyl (C=O) groups excluding carboxylic acids is 1. The van der Waals surface area contributed by atoms with Crippen molar-refractivity contribution in [3.8, 4) is 11.5 Å². The van der Waals surface area contributed by atoms with Crippen LogP contribution in [-0.4, -0.2) is 87.7 Å². The number of alkyl halides is 3. The molecule has 4 rings (SSSR count). The highest BCUT2D eigenvalue weighted by molar-refractivity contribution is 5.69. The van der Waals surface area contributed by atoms with Gasteiger partial charge in [0.15, 0.2) is 0 Å². The number of hydrogen-bond donors (Lipinski definition) is 0. The van der Waals surface area contributed by atoms with Gasteiger partial charge in [-0.2, -0.15) is 13.2 Å². The van der Waals surface area contributed by atoms with Crippen LogP contribution in [0.15, 0.2) is 30.3 Å². The van der Waals surface area contributed by atoms with Gasteiger partial charge in [-0.05, 0) is 93.6 Å². The van der Waals surface area contributed by atoms with Crippen molar-refractivity contribution < 1.29 is 41.0 Å². The van der Waals surface area contributed by atoms with Gasteiger partial charge in [-0.25, -0.2) is 13.6 Å². The van der Waals surface area contributed by atoms with Gasteiger partial charge in [0.25, 0.3) is 0 Å². The van der Waals surface area contributed by atoms with Crippen LogP contribution in [0.4, 0.5) is 32.4 Å². The third kappa shape index (κ3) is 10.9. The largest absolute Gasteiger partial charge is 0.493 e. The number of nitrogens with zero attached hydrogens (tertiary/aromatic N) is 3. The van der Waals surface area contributed by atoms with E-state index < -0.39 is 30.2 Å². The summed E-state index contributed by atoms with van der Waals surface area (Å²) >= 11 is 0. The van der Waals surface area contributed by atoms with Crippen LogP contribution in [0.5, 0.6) is 11.5 Å². The lowest BCUT2D eigenvalue weighted by Gasteiger charge is -2.35. The van der Waals surface area contributed by atoms with E-state index in [1.807, 2.05) is 32.8 Å². The number of anilines is 1. The van der Waals surface area contributed by atoms with Crippen LogP contribution < -0.4 is 14.4 Å². The molecule has 268 valence electrons. The molecule has 2 fully saturated rings. The Morgan fingerprint density at radius 2 is 1.44 bits per heavy atom. The molecular formula is C36H50F5N3O4. The zero-order chi connectivity index (χ0) is 35.2. The van der Waals surface area contributed by atoms with Crippen LogP contribution in [0.2, 0.25) is 0 Å². The number of ether oxygens (including phenoxy) is 3. The summed E-state index contributed by atoms with van der Waals surface area (Å²) in [5, 5.41) is 0. The van der Waals surface area contributed by atoms with E-state index >= 15 is 0 Å². The lowest BCUT2D eigenvalue weighted by molar-refractivity contribution is -0.148. The van der Waals surface area contributed by atoms with Gasteiger partial charge in [-0.3, -0.25) is 4.90 Å². The van der Waals surface area contributed by atoms with E-state index in [-0.39, 0.29) is 36.6 Å².